The molecule has 18 heavy (non-hydrogen) atoms. The number of carbonyl (C=O) groups excluding carboxylic acids is 1. The van der Waals surface area contributed by atoms with Crippen LogP contribution in [0.25, 0.3) is 0 Å². The normalized spacial score (nSPS) is 12.2. The topological polar surface area (TPSA) is 53.4 Å². The average molecular weight is 254 g/mol. The van der Waals surface area contributed by atoms with E-state index in [1.54, 1.807) is 6.33 Å². The van der Waals surface area contributed by atoms with E-state index in [-0.39, 0.29) is 0 Å². The summed E-state index contributed by atoms with van der Waals surface area (Å²) in [4.78, 5) is 15.1. The summed E-state index contributed by atoms with van der Waals surface area (Å²) in [6.07, 6.45) is 7.22. The van der Waals surface area contributed by atoms with Crippen LogP contribution in [0.3, 0.4) is 0 Å². The molecule has 0 saturated carbocycles. The monoisotopic (exact) mass is 254 g/mol. The van der Waals surface area contributed by atoms with Gasteiger partial charge >= 0.3 is 6.16 Å². The molecule has 0 aliphatic rings. The number of hydrogen-bond donors (Lipinski definition) is 0. The zero-order valence-corrected chi connectivity index (χ0v) is 11.4. The summed E-state index contributed by atoms with van der Waals surface area (Å²) in [6, 6.07) is 0. The Bertz CT molecular complexity index is 363. The van der Waals surface area contributed by atoms with Gasteiger partial charge in [0.15, 0.2) is 0 Å². The maximum Gasteiger partial charge on any atom is 0.514 e. The average Bonchev–Trinajstić information content (AvgIpc) is 2.81. The summed E-state index contributed by atoms with van der Waals surface area (Å²) in [7, 11) is 1.29. The molecule has 0 aromatic carbocycles. The third-order valence-corrected chi connectivity index (χ3v) is 3.03. The SMILES string of the molecule is CCCCC(CC)Cn1cncc1OC(=O)OC. The second kappa shape index (κ2) is 7.74. The lowest BCUT2D eigenvalue weighted by Gasteiger charge is -2.16. The van der Waals surface area contributed by atoms with Crippen LogP contribution in [-0.2, 0) is 11.3 Å². The Morgan fingerprint density at radius 3 is 2.89 bits per heavy atom. The van der Waals surface area contributed by atoms with Crippen molar-refractivity contribution in [3.63, 3.8) is 0 Å². The Hall–Kier alpha value is -1.52. The predicted molar refractivity (Wildman–Crippen MR) is 68.6 cm³/mol. The van der Waals surface area contributed by atoms with E-state index in [0.29, 0.717) is 11.8 Å². The molecule has 0 radical (unpaired) electrons. The minimum absolute atomic E-state index is 0.441. The van der Waals surface area contributed by atoms with E-state index < -0.39 is 6.16 Å². The number of ether oxygens (including phenoxy) is 2. The fourth-order valence-electron chi connectivity index (χ4n) is 1.85. The Morgan fingerprint density at radius 2 is 2.28 bits per heavy atom. The lowest BCUT2D eigenvalue weighted by Crippen LogP contribution is -2.14. The van der Waals surface area contributed by atoms with Crippen LogP contribution >= 0.6 is 0 Å². The lowest BCUT2D eigenvalue weighted by molar-refractivity contribution is 0.117. The maximum absolute atomic E-state index is 11.1. The molecule has 0 amide bonds. The molecule has 0 saturated heterocycles. The second-order valence-corrected chi connectivity index (χ2v) is 4.36. The van der Waals surface area contributed by atoms with Gasteiger partial charge in [0.05, 0.1) is 19.6 Å². The first-order valence-electron chi connectivity index (χ1n) is 6.47. The van der Waals surface area contributed by atoms with Crippen LogP contribution in [0.4, 0.5) is 4.79 Å². The van der Waals surface area contributed by atoms with Crippen molar-refractivity contribution in [3.05, 3.63) is 12.5 Å². The Kier molecular flexibility index (Phi) is 6.25. The number of carbonyl (C=O) groups is 1. The maximum atomic E-state index is 11.1. The minimum atomic E-state index is -0.710. The molecule has 0 aliphatic carbocycles. The number of imidazole rings is 1. The molecule has 5 heteroatoms. The quantitative estimate of drug-likeness (QED) is 0.701. The Morgan fingerprint density at radius 1 is 1.50 bits per heavy atom. The van der Waals surface area contributed by atoms with E-state index in [1.165, 1.54) is 32.6 Å². The van der Waals surface area contributed by atoms with Gasteiger partial charge in [0.1, 0.15) is 0 Å². The Labute approximate surface area is 108 Å². The molecule has 0 fully saturated rings. The highest BCUT2D eigenvalue weighted by atomic mass is 16.7. The molecule has 1 unspecified atom stereocenters. The minimum Gasteiger partial charge on any atom is -0.437 e. The lowest BCUT2D eigenvalue weighted by atomic mass is 9.99. The predicted octanol–water partition coefficient (Wildman–Crippen LogP) is 3.24. The first-order valence-corrected chi connectivity index (χ1v) is 6.47. The third-order valence-electron chi connectivity index (χ3n) is 3.03. The molecule has 0 aliphatic heterocycles. The largest absolute Gasteiger partial charge is 0.514 e. The van der Waals surface area contributed by atoms with Gasteiger partial charge in [0.2, 0.25) is 5.88 Å². The molecule has 1 aromatic heterocycles. The van der Waals surface area contributed by atoms with Gasteiger partial charge < -0.3 is 14.0 Å². The summed E-state index contributed by atoms with van der Waals surface area (Å²) in [6.45, 7) is 5.19. The highest BCUT2D eigenvalue weighted by Crippen LogP contribution is 2.19. The van der Waals surface area contributed by atoms with Gasteiger partial charge in [0.25, 0.3) is 0 Å². The molecule has 1 atom stereocenters. The number of nitrogens with zero attached hydrogens (tertiary/aromatic N) is 2. The van der Waals surface area contributed by atoms with E-state index in [4.69, 9.17) is 4.74 Å². The standard InChI is InChI=1S/C13H22N2O3/c1-4-6-7-11(5-2)9-15-10-14-8-12(15)18-13(16)17-3/h8,10-11H,4-7,9H2,1-3H3. The van der Waals surface area contributed by atoms with Crippen molar-refractivity contribution in [2.24, 2.45) is 5.92 Å². The fourth-order valence-corrected chi connectivity index (χ4v) is 1.85. The van der Waals surface area contributed by atoms with Crippen LogP contribution in [0.5, 0.6) is 5.88 Å². The van der Waals surface area contributed by atoms with Crippen LogP contribution < -0.4 is 4.74 Å². The summed E-state index contributed by atoms with van der Waals surface area (Å²) < 4.78 is 11.4. The van der Waals surface area contributed by atoms with Crippen LogP contribution in [0, 0.1) is 5.92 Å². The number of unbranched alkanes of at least 4 members (excludes halogenated alkanes) is 1. The zero-order valence-electron chi connectivity index (χ0n) is 11.4. The van der Waals surface area contributed by atoms with Gasteiger partial charge in [-0.1, -0.05) is 33.1 Å². The van der Waals surface area contributed by atoms with E-state index in [9.17, 15) is 4.79 Å². The van der Waals surface area contributed by atoms with Crippen molar-refractivity contribution in [1.82, 2.24) is 9.55 Å². The Balaban J connectivity index is 2.59. The van der Waals surface area contributed by atoms with Gasteiger partial charge in [-0.3, -0.25) is 0 Å². The summed E-state index contributed by atoms with van der Waals surface area (Å²) in [5.41, 5.74) is 0. The number of methoxy groups -OCH3 is 1. The molecule has 0 spiro atoms. The molecule has 1 rings (SSSR count). The van der Waals surface area contributed by atoms with Crippen molar-refractivity contribution in [1.29, 1.82) is 0 Å². The zero-order chi connectivity index (χ0) is 13.4. The summed E-state index contributed by atoms with van der Waals surface area (Å²) in [5.74, 6) is 1.02. The first kappa shape index (κ1) is 14.5. The molecular weight excluding hydrogens is 232 g/mol. The molecule has 102 valence electrons. The van der Waals surface area contributed by atoms with Crippen LogP contribution in [-0.4, -0.2) is 22.8 Å². The van der Waals surface area contributed by atoms with E-state index in [0.717, 1.165) is 13.0 Å². The fraction of sp³-hybridized carbons (Fsp3) is 0.692. The number of hydrogen-bond acceptors (Lipinski definition) is 4. The van der Waals surface area contributed by atoms with Crippen LogP contribution in [0.15, 0.2) is 12.5 Å². The van der Waals surface area contributed by atoms with Crippen molar-refractivity contribution < 1.29 is 14.3 Å². The molecule has 5 nitrogen and oxygen atoms in total. The van der Waals surface area contributed by atoms with Gasteiger partial charge in [-0.05, 0) is 12.3 Å². The van der Waals surface area contributed by atoms with Crippen LogP contribution in [0.2, 0.25) is 0 Å². The van der Waals surface area contributed by atoms with Crippen molar-refractivity contribution >= 4 is 6.16 Å². The van der Waals surface area contributed by atoms with Gasteiger partial charge in [-0.2, -0.15) is 0 Å². The summed E-state index contributed by atoms with van der Waals surface area (Å²) in [5, 5.41) is 0. The van der Waals surface area contributed by atoms with Gasteiger partial charge in [-0.25, -0.2) is 9.78 Å². The van der Waals surface area contributed by atoms with Crippen LogP contribution in [0.1, 0.15) is 39.5 Å². The molecular formula is C13H22N2O3. The second-order valence-electron chi connectivity index (χ2n) is 4.36. The molecule has 1 heterocycles. The van der Waals surface area contributed by atoms with Crippen molar-refractivity contribution in [3.8, 4) is 5.88 Å². The van der Waals surface area contributed by atoms with Crippen molar-refractivity contribution in [2.75, 3.05) is 7.11 Å². The smallest absolute Gasteiger partial charge is 0.437 e. The summed E-state index contributed by atoms with van der Waals surface area (Å²) >= 11 is 0. The third kappa shape index (κ3) is 4.39. The first-order chi connectivity index (χ1) is 8.71. The number of rotatable bonds is 7. The number of aromatic nitrogens is 2. The van der Waals surface area contributed by atoms with Gasteiger partial charge in [0, 0.05) is 6.54 Å². The highest BCUT2D eigenvalue weighted by Gasteiger charge is 2.13. The van der Waals surface area contributed by atoms with E-state index in [2.05, 4.69) is 23.6 Å². The van der Waals surface area contributed by atoms with Crippen molar-refractivity contribution in [2.45, 2.75) is 46.1 Å². The van der Waals surface area contributed by atoms with E-state index >= 15 is 0 Å². The van der Waals surface area contributed by atoms with E-state index in [1.807, 2.05) is 4.57 Å². The highest BCUT2D eigenvalue weighted by molar-refractivity contribution is 5.62. The molecule has 0 N–H and O–H groups in total. The van der Waals surface area contributed by atoms with Gasteiger partial charge in [-0.15, -0.1) is 0 Å². The molecule has 0 bridgehead atoms. The molecule has 1 aromatic rings.